The molecular weight excluding hydrogens is 238 g/mol. The van der Waals surface area contributed by atoms with E-state index in [9.17, 15) is 0 Å². The summed E-state index contributed by atoms with van der Waals surface area (Å²) in [6, 6.07) is 8.70. The monoisotopic (exact) mass is 259 g/mol. The molecule has 2 aromatic rings. The maximum Gasteiger partial charge on any atom is 0.115 e. The summed E-state index contributed by atoms with van der Waals surface area (Å²) >= 11 is 0. The van der Waals surface area contributed by atoms with Crippen molar-refractivity contribution in [3.63, 3.8) is 0 Å². The molecule has 0 aliphatic carbocycles. The van der Waals surface area contributed by atoms with E-state index in [1.54, 1.807) is 4.91 Å². The molecule has 1 atom stereocenters. The van der Waals surface area contributed by atoms with E-state index in [-0.39, 0.29) is 0 Å². The van der Waals surface area contributed by atoms with Crippen LogP contribution in [0.2, 0.25) is 0 Å². The summed E-state index contributed by atoms with van der Waals surface area (Å²) in [6.45, 7) is 2.22. The summed E-state index contributed by atoms with van der Waals surface area (Å²) in [7, 11) is 4.27. The van der Waals surface area contributed by atoms with Gasteiger partial charge in [-0.05, 0) is 45.0 Å². The summed E-state index contributed by atoms with van der Waals surface area (Å²) < 4.78 is 0. The Labute approximate surface area is 113 Å². The van der Waals surface area contributed by atoms with Crippen molar-refractivity contribution in [2.45, 2.75) is 25.3 Å². The number of benzene rings is 1. The van der Waals surface area contributed by atoms with E-state index < -0.39 is 0 Å². The number of fused-ring (bicyclic) bond motifs is 1. The van der Waals surface area contributed by atoms with Crippen molar-refractivity contribution in [1.82, 2.24) is 20.0 Å². The van der Waals surface area contributed by atoms with Gasteiger partial charge in [-0.3, -0.25) is 5.01 Å². The Balaban J connectivity index is 1.64. The van der Waals surface area contributed by atoms with Crippen molar-refractivity contribution in [2.24, 2.45) is 0 Å². The van der Waals surface area contributed by atoms with Crippen LogP contribution in [-0.4, -0.2) is 53.2 Å². The third-order valence-corrected chi connectivity index (χ3v) is 4.04. The molecule has 102 valence electrons. The van der Waals surface area contributed by atoms with Crippen LogP contribution >= 0.6 is 0 Å². The molecule has 0 spiro atoms. The minimum Gasteiger partial charge on any atom is -0.303 e. The third kappa shape index (κ3) is 2.56. The largest absolute Gasteiger partial charge is 0.303 e. The molecule has 3 rings (SSSR count). The third-order valence-electron chi connectivity index (χ3n) is 4.04. The lowest BCUT2D eigenvalue weighted by Crippen LogP contribution is -2.37. The quantitative estimate of drug-likeness (QED) is 0.833. The van der Waals surface area contributed by atoms with E-state index in [1.807, 2.05) is 31.3 Å². The zero-order valence-electron chi connectivity index (χ0n) is 11.7. The summed E-state index contributed by atoms with van der Waals surface area (Å²) in [5, 5.41) is 11.1. The van der Waals surface area contributed by atoms with Crippen LogP contribution < -0.4 is 5.01 Å². The average molecular weight is 259 g/mol. The van der Waals surface area contributed by atoms with Gasteiger partial charge in [0.05, 0.1) is 0 Å². The van der Waals surface area contributed by atoms with Crippen molar-refractivity contribution in [3.8, 4) is 0 Å². The normalized spacial score (nSPS) is 20.2. The first kappa shape index (κ1) is 12.4. The minimum atomic E-state index is 0.715. The Morgan fingerprint density at radius 2 is 1.95 bits per heavy atom. The first-order valence-electron chi connectivity index (χ1n) is 6.98. The highest BCUT2D eigenvalue weighted by atomic mass is 15.7. The molecule has 19 heavy (non-hydrogen) atoms. The van der Waals surface area contributed by atoms with Gasteiger partial charge in [0.2, 0.25) is 0 Å². The molecule has 5 heteroatoms. The van der Waals surface area contributed by atoms with Gasteiger partial charge in [-0.15, -0.1) is 10.2 Å². The topological polar surface area (TPSA) is 37.2 Å². The molecule has 1 aromatic carbocycles. The van der Waals surface area contributed by atoms with Gasteiger partial charge in [-0.25, -0.2) is 0 Å². The molecule has 1 aliphatic heterocycles. The van der Waals surface area contributed by atoms with Crippen LogP contribution in [0, 0.1) is 0 Å². The second-order valence-electron chi connectivity index (χ2n) is 5.40. The predicted octanol–water partition coefficient (Wildman–Crippen LogP) is 1.48. The van der Waals surface area contributed by atoms with Gasteiger partial charge in [0.1, 0.15) is 11.0 Å². The molecule has 1 aliphatic rings. The van der Waals surface area contributed by atoms with Crippen molar-refractivity contribution >= 4 is 11.0 Å². The SMILES string of the molecule is CN1CCCC1CCN(C)n1nc2ccccc2n1. The van der Waals surface area contributed by atoms with Crippen LogP contribution in [-0.2, 0) is 0 Å². The molecule has 1 fully saturated rings. The summed E-state index contributed by atoms with van der Waals surface area (Å²) in [5.74, 6) is 0. The fourth-order valence-electron chi connectivity index (χ4n) is 2.77. The van der Waals surface area contributed by atoms with E-state index in [1.165, 1.54) is 25.8 Å². The van der Waals surface area contributed by atoms with Crippen LogP contribution in [0.5, 0.6) is 0 Å². The smallest absolute Gasteiger partial charge is 0.115 e. The lowest BCUT2D eigenvalue weighted by molar-refractivity contribution is 0.292. The Morgan fingerprint density at radius 3 is 2.53 bits per heavy atom. The average Bonchev–Trinajstić information content (AvgIpc) is 3.01. The summed E-state index contributed by atoms with van der Waals surface area (Å²) in [4.78, 5) is 4.18. The van der Waals surface area contributed by atoms with Gasteiger partial charge in [0.15, 0.2) is 0 Å². The number of rotatable bonds is 4. The first-order chi connectivity index (χ1) is 9.24. The highest BCUT2D eigenvalue weighted by Gasteiger charge is 2.21. The zero-order chi connectivity index (χ0) is 13.2. The fourth-order valence-corrected chi connectivity index (χ4v) is 2.77. The lowest BCUT2D eigenvalue weighted by atomic mass is 10.1. The molecule has 1 unspecified atom stereocenters. The van der Waals surface area contributed by atoms with Gasteiger partial charge in [-0.1, -0.05) is 17.0 Å². The molecule has 0 amide bonds. The van der Waals surface area contributed by atoms with Crippen LogP contribution in [0.15, 0.2) is 24.3 Å². The van der Waals surface area contributed by atoms with E-state index in [0.29, 0.717) is 6.04 Å². The van der Waals surface area contributed by atoms with Crippen LogP contribution in [0.4, 0.5) is 0 Å². The van der Waals surface area contributed by atoms with Crippen molar-refractivity contribution in [2.75, 3.05) is 32.2 Å². The molecule has 5 nitrogen and oxygen atoms in total. The zero-order valence-corrected chi connectivity index (χ0v) is 11.7. The molecule has 2 heterocycles. The van der Waals surface area contributed by atoms with Gasteiger partial charge >= 0.3 is 0 Å². The van der Waals surface area contributed by atoms with Gasteiger partial charge in [0.25, 0.3) is 0 Å². The van der Waals surface area contributed by atoms with Crippen molar-refractivity contribution < 1.29 is 0 Å². The Bertz CT molecular complexity index is 517. The predicted molar refractivity (Wildman–Crippen MR) is 76.8 cm³/mol. The van der Waals surface area contributed by atoms with E-state index in [0.717, 1.165) is 17.6 Å². The molecule has 1 saturated heterocycles. The molecule has 0 saturated carbocycles. The Hall–Kier alpha value is -1.62. The highest BCUT2D eigenvalue weighted by molar-refractivity contribution is 5.73. The second-order valence-corrected chi connectivity index (χ2v) is 5.40. The Kier molecular flexibility index (Phi) is 3.38. The maximum atomic E-state index is 4.49. The molecule has 0 N–H and O–H groups in total. The lowest BCUT2D eigenvalue weighted by Gasteiger charge is -2.23. The van der Waals surface area contributed by atoms with Crippen molar-refractivity contribution in [1.29, 1.82) is 0 Å². The number of hydrogen-bond donors (Lipinski definition) is 0. The number of hydrogen-bond acceptors (Lipinski definition) is 4. The fraction of sp³-hybridized carbons (Fsp3) is 0.571. The first-order valence-corrected chi connectivity index (χ1v) is 6.98. The Morgan fingerprint density at radius 1 is 1.26 bits per heavy atom. The number of nitrogens with zero attached hydrogens (tertiary/aromatic N) is 5. The maximum absolute atomic E-state index is 4.49. The molecular formula is C14H21N5. The minimum absolute atomic E-state index is 0.715. The second kappa shape index (κ2) is 5.17. The van der Waals surface area contributed by atoms with Gasteiger partial charge in [-0.2, -0.15) is 0 Å². The highest BCUT2D eigenvalue weighted by Crippen LogP contribution is 2.17. The molecule has 1 aromatic heterocycles. The van der Waals surface area contributed by atoms with Crippen molar-refractivity contribution in [3.05, 3.63) is 24.3 Å². The standard InChI is InChI=1S/C14H21N5/c1-17-10-5-6-12(17)9-11-18(2)19-15-13-7-3-4-8-14(13)16-19/h3-4,7-8,12H,5-6,9-11H2,1-2H3. The van der Waals surface area contributed by atoms with E-state index >= 15 is 0 Å². The van der Waals surface area contributed by atoms with Gasteiger partial charge in [0, 0.05) is 19.6 Å². The molecule has 0 radical (unpaired) electrons. The van der Waals surface area contributed by atoms with Crippen LogP contribution in [0.25, 0.3) is 11.0 Å². The van der Waals surface area contributed by atoms with E-state index in [2.05, 4.69) is 27.2 Å². The number of aromatic nitrogens is 3. The van der Waals surface area contributed by atoms with E-state index in [4.69, 9.17) is 0 Å². The van der Waals surface area contributed by atoms with Gasteiger partial charge < -0.3 is 4.90 Å². The van der Waals surface area contributed by atoms with Crippen LogP contribution in [0.1, 0.15) is 19.3 Å². The number of likely N-dealkylation sites (tertiary alicyclic amines) is 1. The molecule has 0 bridgehead atoms. The summed E-state index contributed by atoms with van der Waals surface area (Å²) in [6.07, 6.45) is 3.82. The summed E-state index contributed by atoms with van der Waals surface area (Å²) in [5.41, 5.74) is 1.90. The van der Waals surface area contributed by atoms with Crippen LogP contribution in [0.3, 0.4) is 0 Å².